The molecule has 0 radical (unpaired) electrons. The average molecular weight is 297 g/mol. The van der Waals surface area contributed by atoms with E-state index in [1.165, 1.54) is 23.9 Å². The molecule has 2 rings (SSSR count). The van der Waals surface area contributed by atoms with E-state index in [0.717, 1.165) is 17.0 Å². The summed E-state index contributed by atoms with van der Waals surface area (Å²) < 4.78 is 38.7. The molecule has 20 heavy (non-hydrogen) atoms. The summed E-state index contributed by atoms with van der Waals surface area (Å²) in [6.45, 7) is 0. The first-order valence-corrected chi connectivity index (χ1v) is 6.66. The van der Waals surface area contributed by atoms with Crippen molar-refractivity contribution >= 4 is 23.4 Å². The molecule has 0 aromatic heterocycles. The van der Waals surface area contributed by atoms with Crippen molar-refractivity contribution in [3.05, 3.63) is 59.9 Å². The molecule has 1 N–H and O–H groups in total. The summed E-state index contributed by atoms with van der Waals surface area (Å²) in [5, 5.41) is 2.34. The summed E-state index contributed by atoms with van der Waals surface area (Å²) in [4.78, 5) is 12.3. The number of thioether (sulfide) groups is 1. The zero-order chi connectivity index (χ0) is 14.5. The van der Waals surface area contributed by atoms with Gasteiger partial charge in [0, 0.05) is 11.0 Å². The minimum Gasteiger partial charge on any atom is -0.323 e. The van der Waals surface area contributed by atoms with Gasteiger partial charge in [-0.3, -0.25) is 4.79 Å². The molecule has 0 aliphatic carbocycles. The standard InChI is InChI=1S/C14H10F3NOS/c15-9-1-4-11(5-2-9)20-8-14(19)18-13-6-3-10(16)7-12(13)17/h1-7H,8H2,(H,18,19). The van der Waals surface area contributed by atoms with Crippen molar-refractivity contribution in [2.24, 2.45) is 0 Å². The maximum atomic E-state index is 13.3. The zero-order valence-electron chi connectivity index (χ0n) is 10.2. The van der Waals surface area contributed by atoms with Crippen molar-refractivity contribution in [1.29, 1.82) is 0 Å². The molecule has 0 spiro atoms. The molecular weight excluding hydrogens is 287 g/mol. The van der Waals surface area contributed by atoms with Gasteiger partial charge in [-0.1, -0.05) is 0 Å². The fourth-order valence-corrected chi connectivity index (χ4v) is 2.16. The second kappa shape index (κ2) is 6.47. The van der Waals surface area contributed by atoms with E-state index in [0.29, 0.717) is 6.07 Å². The molecule has 6 heteroatoms. The second-order valence-electron chi connectivity index (χ2n) is 3.91. The Hall–Kier alpha value is -1.95. The van der Waals surface area contributed by atoms with Crippen LogP contribution in [-0.4, -0.2) is 11.7 Å². The quantitative estimate of drug-likeness (QED) is 0.869. The minimum atomic E-state index is -0.829. The van der Waals surface area contributed by atoms with Crippen LogP contribution >= 0.6 is 11.8 Å². The lowest BCUT2D eigenvalue weighted by molar-refractivity contribution is -0.113. The van der Waals surface area contributed by atoms with Gasteiger partial charge in [-0.2, -0.15) is 0 Å². The van der Waals surface area contributed by atoms with Gasteiger partial charge >= 0.3 is 0 Å². The number of benzene rings is 2. The molecular formula is C14H10F3NOS. The fourth-order valence-electron chi connectivity index (χ4n) is 1.46. The summed E-state index contributed by atoms with van der Waals surface area (Å²) in [7, 11) is 0. The highest BCUT2D eigenvalue weighted by atomic mass is 32.2. The molecule has 0 aliphatic rings. The lowest BCUT2D eigenvalue weighted by Gasteiger charge is -2.06. The van der Waals surface area contributed by atoms with Crippen molar-refractivity contribution in [2.75, 3.05) is 11.1 Å². The van der Waals surface area contributed by atoms with Crippen LogP contribution in [0.3, 0.4) is 0 Å². The highest BCUT2D eigenvalue weighted by molar-refractivity contribution is 8.00. The monoisotopic (exact) mass is 297 g/mol. The Bertz CT molecular complexity index is 616. The van der Waals surface area contributed by atoms with Gasteiger partial charge in [0.2, 0.25) is 5.91 Å². The van der Waals surface area contributed by atoms with Crippen molar-refractivity contribution in [3.63, 3.8) is 0 Å². The number of amides is 1. The second-order valence-corrected chi connectivity index (χ2v) is 4.96. The molecule has 0 unspecified atom stereocenters. The van der Waals surface area contributed by atoms with Gasteiger partial charge in [0.15, 0.2) is 0 Å². The highest BCUT2D eigenvalue weighted by Gasteiger charge is 2.08. The van der Waals surface area contributed by atoms with Crippen LogP contribution in [0, 0.1) is 17.5 Å². The number of carbonyl (C=O) groups excluding carboxylic acids is 1. The molecule has 0 atom stereocenters. The first-order chi connectivity index (χ1) is 9.54. The van der Waals surface area contributed by atoms with Crippen LogP contribution in [0.1, 0.15) is 0 Å². The number of hydrogen-bond acceptors (Lipinski definition) is 2. The van der Waals surface area contributed by atoms with Crippen LogP contribution in [0.4, 0.5) is 18.9 Å². The van der Waals surface area contributed by atoms with Crippen molar-refractivity contribution in [1.82, 2.24) is 0 Å². The molecule has 0 aliphatic heterocycles. The smallest absolute Gasteiger partial charge is 0.234 e. The predicted molar refractivity (Wildman–Crippen MR) is 72.1 cm³/mol. The van der Waals surface area contributed by atoms with E-state index in [-0.39, 0.29) is 17.3 Å². The Kier molecular flexibility index (Phi) is 4.68. The number of hydrogen-bond donors (Lipinski definition) is 1. The fraction of sp³-hybridized carbons (Fsp3) is 0.0714. The molecule has 0 saturated heterocycles. The van der Waals surface area contributed by atoms with E-state index in [1.807, 2.05) is 0 Å². The Balaban J connectivity index is 1.90. The Morgan fingerprint density at radius 2 is 1.65 bits per heavy atom. The molecule has 0 saturated carbocycles. The molecule has 0 heterocycles. The highest BCUT2D eigenvalue weighted by Crippen LogP contribution is 2.19. The predicted octanol–water partition coefficient (Wildman–Crippen LogP) is 3.83. The summed E-state index contributed by atoms with van der Waals surface area (Å²) in [5.74, 6) is -2.27. The van der Waals surface area contributed by atoms with Crippen LogP contribution in [-0.2, 0) is 4.79 Å². The van der Waals surface area contributed by atoms with E-state index in [1.54, 1.807) is 12.1 Å². The van der Waals surface area contributed by atoms with Gasteiger partial charge in [0.05, 0.1) is 11.4 Å². The molecule has 1 amide bonds. The summed E-state index contributed by atoms with van der Waals surface area (Å²) in [6.07, 6.45) is 0. The first-order valence-electron chi connectivity index (χ1n) is 5.68. The maximum Gasteiger partial charge on any atom is 0.234 e. The zero-order valence-corrected chi connectivity index (χ0v) is 11.0. The van der Waals surface area contributed by atoms with Crippen molar-refractivity contribution < 1.29 is 18.0 Å². The van der Waals surface area contributed by atoms with Crippen LogP contribution in [0.5, 0.6) is 0 Å². The Labute approximate surface area is 118 Å². The molecule has 0 fully saturated rings. The number of rotatable bonds is 4. The van der Waals surface area contributed by atoms with Gasteiger partial charge in [-0.25, -0.2) is 13.2 Å². The number of anilines is 1. The largest absolute Gasteiger partial charge is 0.323 e. The van der Waals surface area contributed by atoms with Crippen molar-refractivity contribution in [2.45, 2.75) is 4.90 Å². The minimum absolute atomic E-state index is 0.0441. The molecule has 2 aromatic rings. The average Bonchev–Trinajstić information content (AvgIpc) is 2.41. The van der Waals surface area contributed by atoms with Crippen LogP contribution in [0.15, 0.2) is 47.4 Å². The van der Waals surface area contributed by atoms with E-state index in [9.17, 15) is 18.0 Å². The van der Waals surface area contributed by atoms with E-state index >= 15 is 0 Å². The van der Waals surface area contributed by atoms with Crippen LogP contribution in [0.25, 0.3) is 0 Å². The molecule has 0 bridgehead atoms. The Morgan fingerprint density at radius 3 is 2.30 bits per heavy atom. The molecule has 2 nitrogen and oxygen atoms in total. The van der Waals surface area contributed by atoms with E-state index in [2.05, 4.69) is 5.32 Å². The van der Waals surface area contributed by atoms with Crippen LogP contribution in [0.2, 0.25) is 0 Å². The summed E-state index contributed by atoms with van der Waals surface area (Å²) in [5.41, 5.74) is -0.0730. The third-order valence-electron chi connectivity index (χ3n) is 2.39. The molecule has 104 valence electrons. The van der Waals surface area contributed by atoms with Crippen molar-refractivity contribution in [3.8, 4) is 0 Å². The molecule has 2 aromatic carbocycles. The van der Waals surface area contributed by atoms with E-state index < -0.39 is 17.5 Å². The third-order valence-corrected chi connectivity index (χ3v) is 3.40. The number of halogens is 3. The number of carbonyl (C=O) groups is 1. The van der Waals surface area contributed by atoms with Gasteiger partial charge in [-0.15, -0.1) is 11.8 Å². The normalized spacial score (nSPS) is 10.3. The lowest BCUT2D eigenvalue weighted by Crippen LogP contribution is -2.15. The van der Waals surface area contributed by atoms with Gasteiger partial charge in [0.25, 0.3) is 0 Å². The SMILES string of the molecule is O=C(CSc1ccc(F)cc1)Nc1ccc(F)cc1F. The first kappa shape index (κ1) is 14.5. The van der Waals surface area contributed by atoms with Gasteiger partial charge < -0.3 is 5.32 Å². The topological polar surface area (TPSA) is 29.1 Å². The van der Waals surface area contributed by atoms with E-state index in [4.69, 9.17) is 0 Å². The number of nitrogens with one attached hydrogen (secondary N) is 1. The summed E-state index contributed by atoms with van der Waals surface area (Å²) in [6, 6.07) is 8.59. The maximum absolute atomic E-state index is 13.3. The van der Waals surface area contributed by atoms with Gasteiger partial charge in [-0.05, 0) is 36.4 Å². The van der Waals surface area contributed by atoms with Gasteiger partial charge in [0.1, 0.15) is 17.5 Å². The third kappa shape index (κ3) is 4.03. The Morgan fingerprint density at radius 1 is 1.00 bits per heavy atom. The van der Waals surface area contributed by atoms with Crippen LogP contribution < -0.4 is 5.32 Å². The lowest BCUT2D eigenvalue weighted by atomic mass is 10.3. The summed E-state index contributed by atoms with van der Waals surface area (Å²) >= 11 is 1.19.